The van der Waals surface area contributed by atoms with Crippen LogP contribution in [-0.2, 0) is 6.42 Å². The Morgan fingerprint density at radius 2 is 2.14 bits per heavy atom. The molecule has 0 aliphatic rings. The second-order valence-electron chi connectivity index (χ2n) is 4.55. The second kappa shape index (κ2) is 10.2. The maximum absolute atomic E-state index is 12.4. The molecular weight excluding hydrogens is 295 g/mol. The van der Waals surface area contributed by atoms with Gasteiger partial charge in [0.1, 0.15) is 12.4 Å². The largest absolute Gasteiger partial charge is 0.489 e. The first-order valence-corrected chi connectivity index (χ1v) is 6.66. The average molecular weight is 317 g/mol. The Labute approximate surface area is 130 Å². The van der Waals surface area contributed by atoms with Crippen LogP contribution in [-0.4, -0.2) is 19.1 Å². The molecule has 0 bridgehead atoms. The number of halogens is 2. The number of unbranched alkanes of at least 4 members (excludes halogenated alkanes) is 1. The Hall–Kier alpha value is -1.59. The van der Waals surface area contributed by atoms with Crippen LogP contribution in [0, 0.1) is 0 Å². The summed E-state index contributed by atoms with van der Waals surface area (Å²) in [7, 11) is 0. The quantitative estimate of drug-likeness (QED) is 0.774. The van der Waals surface area contributed by atoms with E-state index in [9.17, 15) is 9.18 Å². The zero-order valence-corrected chi connectivity index (χ0v) is 12.9. The molecule has 0 unspecified atom stereocenters. The normalized spacial score (nSPS) is 10.9. The van der Waals surface area contributed by atoms with Crippen LogP contribution in [0.4, 0.5) is 4.39 Å². The summed E-state index contributed by atoms with van der Waals surface area (Å²) in [6, 6.07) is 5.08. The Morgan fingerprint density at radius 1 is 1.43 bits per heavy atom. The van der Waals surface area contributed by atoms with Gasteiger partial charge in [0, 0.05) is 17.7 Å². The third-order valence-corrected chi connectivity index (χ3v) is 2.98. The lowest BCUT2D eigenvalue weighted by Gasteiger charge is -2.11. The Kier molecular flexibility index (Phi) is 9.41. The number of rotatable bonds is 8. The summed E-state index contributed by atoms with van der Waals surface area (Å²) < 4.78 is 17.9. The molecule has 0 aliphatic carbocycles. The van der Waals surface area contributed by atoms with Gasteiger partial charge < -0.3 is 16.2 Å². The van der Waals surface area contributed by atoms with Crippen molar-refractivity contribution in [2.75, 3.05) is 13.2 Å². The summed E-state index contributed by atoms with van der Waals surface area (Å²) in [5.74, 6) is 0.128. The van der Waals surface area contributed by atoms with Crippen molar-refractivity contribution in [3.63, 3.8) is 0 Å². The molecule has 0 heterocycles. The third-order valence-electron chi connectivity index (χ3n) is 2.98. The molecular formula is C15H22ClFN2O2. The minimum Gasteiger partial charge on any atom is -0.489 e. The van der Waals surface area contributed by atoms with E-state index in [1.165, 1.54) is 0 Å². The molecule has 1 aromatic carbocycles. The summed E-state index contributed by atoms with van der Waals surface area (Å²) in [6.07, 6.45) is 3.19. The van der Waals surface area contributed by atoms with Gasteiger partial charge in [0.2, 0.25) is 5.91 Å². The molecule has 118 valence electrons. The number of hydrogen-bond acceptors (Lipinski definition) is 3. The molecule has 0 aromatic heterocycles. The van der Waals surface area contributed by atoms with E-state index >= 15 is 0 Å². The van der Waals surface area contributed by atoms with Gasteiger partial charge >= 0.3 is 0 Å². The maximum atomic E-state index is 12.4. The second-order valence-corrected chi connectivity index (χ2v) is 4.55. The van der Waals surface area contributed by atoms with Crippen molar-refractivity contribution >= 4 is 18.3 Å². The number of ether oxygens (including phenoxy) is 1. The summed E-state index contributed by atoms with van der Waals surface area (Å²) >= 11 is 0. The van der Waals surface area contributed by atoms with Crippen LogP contribution >= 0.6 is 12.4 Å². The van der Waals surface area contributed by atoms with Crippen molar-refractivity contribution in [3.05, 3.63) is 41.2 Å². The van der Waals surface area contributed by atoms with Crippen LogP contribution in [0.1, 0.15) is 35.7 Å². The number of nitrogens with two attached hydrogens (primary N) is 2. The van der Waals surface area contributed by atoms with Gasteiger partial charge in [0.05, 0.1) is 6.33 Å². The fourth-order valence-electron chi connectivity index (χ4n) is 1.79. The van der Waals surface area contributed by atoms with Gasteiger partial charge in [-0.25, -0.2) is 4.39 Å². The smallest absolute Gasteiger partial charge is 0.248 e. The van der Waals surface area contributed by atoms with Crippen LogP contribution < -0.4 is 16.2 Å². The van der Waals surface area contributed by atoms with E-state index in [-0.39, 0.29) is 25.6 Å². The number of primary amides is 1. The SMILES string of the molecule is CCCCc1cc(OC/C(=C\F)CN)ccc1C(N)=O.Cl. The van der Waals surface area contributed by atoms with E-state index in [0.29, 0.717) is 23.2 Å². The molecule has 0 radical (unpaired) electrons. The van der Waals surface area contributed by atoms with E-state index in [1.54, 1.807) is 18.2 Å². The highest BCUT2D eigenvalue weighted by Gasteiger charge is 2.09. The minimum atomic E-state index is -0.450. The van der Waals surface area contributed by atoms with Gasteiger partial charge in [0.15, 0.2) is 0 Å². The van der Waals surface area contributed by atoms with Gasteiger partial charge in [-0.3, -0.25) is 4.79 Å². The standard InChI is InChI=1S/C15H21FN2O2.ClH/c1-2-3-4-12-7-13(5-6-14(12)15(18)19)20-10-11(8-16)9-17;/h5-8H,2-4,9-10,17H2,1H3,(H2,18,19);1H/b11-8-;. The number of carbonyl (C=O) groups is 1. The summed E-state index contributed by atoms with van der Waals surface area (Å²) in [5.41, 5.74) is 12.4. The van der Waals surface area contributed by atoms with Crippen molar-refractivity contribution < 1.29 is 13.9 Å². The molecule has 1 aromatic rings. The van der Waals surface area contributed by atoms with Crippen molar-refractivity contribution in [1.29, 1.82) is 0 Å². The minimum absolute atomic E-state index is 0. The van der Waals surface area contributed by atoms with Crippen LogP contribution in [0.15, 0.2) is 30.1 Å². The highest BCUT2D eigenvalue weighted by Crippen LogP contribution is 2.20. The Balaban J connectivity index is 0.00000400. The summed E-state index contributed by atoms with van der Waals surface area (Å²) in [4.78, 5) is 11.4. The maximum Gasteiger partial charge on any atom is 0.248 e. The molecule has 4 N–H and O–H groups in total. The van der Waals surface area contributed by atoms with Crippen molar-refractivity contribution in [3.8, 4) is 5.75 Å². The molecule has 1 amide bonds. The van der Waals surface area contributed by atoms with Crippen LogP contribution in [0.2, 0.25) is 0 Å². The number of benzene rings is 1. The van der Waals surface area contributed by atoms with E-state index < -0.39 is 5.91 Å². The monoisotopic (exact) mass is 316 g/mol. The van der Waals surface area contributed by atoms with Gasteiger partial charge in [-0.05, 0) is 36.6 Å². The van der Waals surface area contributed by atoms with E-state index in [4.69, 9.17) is 16.2 Å². The molecule has 0 atom stereocenters. The van der Waals surface area contributed by atoms with Crippen LogP contribution in [0.5, 0.6) is 5.75 Å². The Morgan fingerprint density at radius 3 is 2.67 bits per heavy atom. The fraction of sp³-hybridized carbons (Fsp3) is 0.400. The van der Waals surface area contributed by atoms with Gasteiger partial charge in [-0.2, -0.15) is 0 Å². The molecule has 0 spiro atoms. The Bertz CT molecular complexity index is 493. The fourth-order valence-corrected chi connectivity index (χ4v) is 1.79. The van der Waals surface area contributed by atoms with Gasteiger partial charge in [0.25, 0.3) is 0 Å². The van der Waals surface area contributed by atoms with Crippen molar-refractivity contribution in [1.82, 2.24) is 0 Å². The zero-order chi connectivity index (χ0) is 15.0. The summed E-state index contributed by atoms with van der Waals surface area (Å²) in [6.45, 7) is 2.28. The molecule has 0 fully saturated rings. The average Bonchev–Trinajstić information content (AvgIpc) is 2.46. The van der Waals surface area contributed by atoms with E-state index in [1.807, 2.05) is 0 Å². The van der Waals surface area contributed by atoms with Crippen LogP contribution in [0.25, 0.3) is 0 Å². The van der Waals surface area contributed by atoms with E-state index in [0.717, 1.165) is 24.8 Å². The molecule has 4 nitrogen and oxygen atoms in total. The lowest BCUT2D eigenvalue weighted by molar-refractivity contribution is 0.0999. The number of aryl methyl sites for hydroxylation is 1. The third kappa shape index (κ3) is 6.14. The predicted molar refractivity (Wildman–Crippen MR) is 84.6 cm³/mol. The zero-order valence-electron chi connectivity index (χ0n) is 12.1. The van der Waals surface area contributed by atoms with Crippen LogP contribution in [0.3, 0.4) is 0 Å². The highest BCUT2D eigenvalue weighted by atomic mass is 35.5. The molecule has 6 heteroatoms. The number of amides is 1. The van der Waals surface area contributed by atoms with Gasteiger partial charge in [-0.15, -0.1) is 12.4 Å². The lowest BCUT2D eigenvalue weighted by Crippen LogP contribution is -2.14. The highest BCUT2D eigenvalue weighted by molar-refractivity contribution is 5.94. The van der Waals surface area contributed by atoms with Gasteiger partial charge in [-0.1, -0.05) is 13.3 Å². The lowest BCUT2D eigenvalue weighted by atomic mass is 10.0. The molecule has 21 heavy (non-hydrogen) atoms. The molecule has 0 saturated heterocycles. The first-order valence-electron chi connectivity index (χ1n) is 6.66. The molecule has 1 rings (SSSR count). The van der Waals surface area contributed by atoms with Crippen molar-refractivity contribution in [2.45, 2.75) is 26.2 Å². The first-order chi connectivity index (χ1) is 9.62. The van der Waals surface area contributed by atoms with E-state index in [2.05, 4.69) is 6.92 Å². The number of carbonyl (C=O) groups excluding carboxylic acids is 1. The predicted octanol–water partition coefficient (Wildman–Crippen LogP) is 2.74. The molecule has 0 aliphatic heterocycles. The number of hydrogen-bond donors (Lipinski definition) is 2. The topological polar surface area (TPSA) is 78.3 Å². The van der Waals surface area contributed by atoms with Crippen molar-refractivity contribution in [2.24, 2.45) is 11.5 Å². The molecule has 0 saturated carbocycles. The summed E-state index contributed by atoms with van der Waals surface area (Å²) in [5, 5.41) is 0. The first kappa shape index (κ1) is 19.4.